The lowest BCUT2D eigenvalue weighted by Gasteiger charge is -2.11. The van der Waals surface area contributed by atoms with E-state index in [0.29, 0.717) is 39.8 Å². The molecule has 0 saturated carbocycles. The standard InChI is InChI=1S/C29H28N6O6/c1-38-22-10-12-25(40-3)19(14-22)17-30-32-24-16-27(36)35(21-8-6-5-7-9-21)34-28(24)29(37)33-31-18-20-15-23(39-2)11-13-26(20)41-4/h5-18,32H,1-4H3,(H,33,37)/b30-17+,31-18+. The quantitative estimate of drug-likeness (QED) is 0.212. The number of benzene rings is 3. The number of hydrazone groups is 2. The van der Waals surface area contributed by atoms with E-state index >= 15 is 0 Å². The van der Waals surface area contributed by atoms with Gasteiger partial charge in [0.05, 0.1) is 52.2 Å². The van der Waals surface area contributed by atoms with Crippen molar-refractivity contribution in [1.29, 1.82) is 0 Å². The van der Waals surface area contributed by atoms with E-state index in [4.69, 9.17) is 18.9 Å². The Morgan fingerprint density at radius 3 is 1.93 bits per heavy atom. The minimum absolute atomic E-state index is 0.0620. The van der Waals surface area contributed by atoms with Crippen LogP contribution in [0, 0.1) is 0 Å². The Morgan fingerprint density at radius 2 is 1.37 bits per heavy atom. The summed E-state index contributed by atoms with van der Waals surface area (Å²) in [6.45, 7) is 0. The molecule has 210 valence electrons. The van der Waals surface area contributed by atoms with Crippen LogP contribution >= 0.6 is 0 Å². The van der Waals surface area contributed by atoms with Gasteiger partial charge in [0.25, 0.3) is 11.5 Å². The third kappa shape index (κ3) is 6.87. The van der Waals surface area contributed by atoms with Crippen molar-refractivity contribution in [3.05, 3.63) is 100.0 Å². The number of carbonyl (C=O) groups excluding carboxylic acids is 1. The number of rotatable bonds is 11. The monoisotopic (exact) mass is 556 g/mol. The van der Waals surface area contributed by atoms with Crippen LogP contribution < -0.4 is 35.4 Å². The number of hydrogen-bond acceptors (Lipinski definition) is 10. The lowest BCUT2D eigenvalue weighted by atomic mass is 10.2. The van der Waals surface area contributed by atoms with Gasteiger partial charge in [0.15, 0.2) is 5.69 Å². The molecule has 12 nitrogen and oxygen atoms in total. The Hall–Kier alpha value is -5.65. The van der Waals surface area contributed by atoms with Crippen LogP contribution in [0.25, 0.3) is 5.69 Å². The van der Waals surface area contributed by atoms with E-state index in [1.807, 2.05) is 0 Å². The molecule has 3 aromatic carbocycles. The molecule has 0 aliphatic heterocycles. The largest absolute Gasteiger partial charge is 0.497 e. The summed E-state index contributed by atoms with van der Waals surface area (Å²) in [7, 11) is 6.14. The van der Waals surface area contributed by atoms with E-state index in [-0.39, 0.29) is 11.4 Å². The number of aromatic nitrogens is 2. The summed E-state index contributed by atoms with van der Waals surface area (Å²) >= 11 is 0. The van der Waals surface area contributed by atoms with Crippen molar-refractivity contribution in [2.24, 2.45) is 10.2 Å². The summed E-state index contributed by atoms with van der Waals surface area (Å²) in [6, 6.07) is 20.3. The van der Waals surface area contributed by atoms with Gasteiger partial charge in [0.1, 0.15) is 23.0 Å². The van der Waals surface area contributed by atoms with Gasteiger partial charge < -0.3 is 18.9 Å². The fraction of sp³-hybridized carbons (Fsp3) is 0.138. The van der Waals surface area contributed by atoms with Gasteiger partial charge in [-0.25, -0.2) is 5.43 Å². The summed E-state index contributed by atoms with van der Waals surface area (Å²) in [6.07, 6.45) is 2.88. The molecule has 1 aromatic heterocycles. The Bertz CT molecular complexity index is 1640. The third-order valence-electron chi connectivity index (χ3n) is 5.78. The molecule has 12 heteroatoms. The fourth-order valence-corrected chi connectivity index (χ4v) is 3.73. The second-order valence-electron chi connectivity index (χ2n) is 8.28. The lowest BCUT2D eigenvalue weighted by Crippen LogP contribution is -2.28. The van der Waals surface area contributed by atoms with Crippen LogP contribution in [-0.4, -0.2) is 56.6 Å². The molecule has 0 bridgehead atoms. The lowest BCUT2D eigenvalue weighted by molar-refractivity contribution is 0.0949. The van der Waals surface area contributed by atoms with Crippen LogP contribution in [-0.2, 0) is 0 Å². The van der Waals surface area contributed by atoms with Crippen LogP contribution in [0.5, 0.6) is 23.0 Å². The molecule has 0 aliphatic rings. The molecule has 2 N–H and O–H groups in total. The molecule has 0 fully saturated rings. The predicted octanol–water partition coefficient (Wildman–Crippen LogP) is 3.48. The highest BCUT2D eigenvalue weighted by Crippen LogP contribution is 2.23. The van der Waals surface area contributed by atoms with E-state index in [9.17, 15) is 9.59 Å². The zero-order valence-corrected chi connectivity index (χ0v) is 22.8. The Balaban J connectivity index is 1.66. The molecular weight excluding hydrogens is 528 g/mol. The Kier molecular flexibility index (Phi) is 9.28. The molecule has 4 aromatic rings. The van der Waals surface area contributed by atoms with Gasteiger partial charge in [-0.1, -0.05) is 18.2 Å². The van der Waals surface area contributed by atoms with E-state index in [1.165, 1.54) is 32.7 Å². The van der Waals surface area contributed by atoms with Crippen molar-refractivity contribution in [3.8, 4) is 28.7 Å². The second kappa shape index (κ2) is 13.4. The third-order valence-corrected chi connectivity index (χ3v) is 5.78. The number of carbonyl (C=O) groups is 1. The minimum Gasteiger partial charge on any atom is -0.497 e. The zero-order chi connectivity index (χ0) is 29.2. The van der Waals surface area contributed by atoms with Crippen molar-refractivity contribution >= 4 is 24.0 Å². The highest BCUT2D eigenvalue weighted by atomic mass is 16.5. The summed E-state index contributed by atoms with van der Waals surface area (Å²) < 4.78 is 22.3. The van der Waals surface area contributed by atoms with Crippen molar-refractivity contribution in [3.63, 3.8) is 0 Å². The van der Waals surface area contributed by atoms with Crippen molar-refractivity contribution in [2.75, 3.05) is 33.9 Å². The normalized spacial score (nSPS) is 10.9. The summed E-state index contributed by atoms with van der Waals surface area (Å²) in [5, 5.41) is 12.6. The summed E-state index contributed by atoms with van der Waals surface area (Å²) in [5.41, 5.74) is 6.30. The smallest absolute Gasteiger partial charge is 0.294 e. The molecule has 0 aliphatic carbocycles. The number of methoxy groups -OCH3 is 4. The van der Waals surface area contributed by atoms with Crippen LogP contribution in [0.2, 0.25) is 0 Å². The number of para-hydroxylation sites is 1. The van der Waals surface area contributed by atoms with E-state index in [2.05, 4.69) is 26.2 Å². The maximum absolute atomic E-state index is 13.3. The second-order valence-corrected chi connectivity index (χ2v) is 8.28. The number of anilines is 1. The molecule has 0 atom stereocenters. The summed E-state index contributed by atoms with van der Waals surface area (Å²) in [4.78, 5) is 26.2. The Morgan fingerprint density at radius 1 is 0.780 bits per heavy atom. The minimum atomic E-state index is -0.690. The first-order chi connectivity index (χ1) is 20.0. The van der Waals surface area contributed by atoms with Gasteiger partial charge >= 0.3 is 0 Å². The first kappa shape index (κ1) is 28.4. The molecule has 1 heterocycles. The van der Waals surface area contributed by atoms with E-state index in [1.54, 1.807) is 80.9 Å². The maximum Gasteiger partial charge on any atom is 0.294 e. The number of nitrogens with zero attached hydrogens (tertiary/aromatic N) is 4. The first-order valence-corrected chi connectivity index (χ1v) is 12.2. The number of nitrogens with one attached hydrogen (secondary N) is 2. The van der Waals surface area contributed by atoms with Crippen molar-refractivity contribution < 1.29 is 23.7 Å². The number of hydrogen-bond donors (Lipinski definition) is 2. The number of amides is 1. The maximum atomic E-state index is 13.3. The molecular formula is C29H28N6O6. The Labute approximate surface area is 235 Å². The molecule has 0 radical (unpaired) electrons. The van der Waals surface area contributed by atoms with Crippen LogP contribution in [0.4, 0.5) is 5.69 Å². The van der Waals surface area contributed by atoms with Gasteiger partial charge in [-0.3, -0.25) is 15.0 Å². The van der Waals surface area contributed by atoms with Crippen LogP contribution in [0.1, 0.15) is 21.6 Å². The molecule has 0 spiro atoms. The van der Waals surface area contributed by atoms with Gasteiger partial charge in [-0.2, -0.15) is 20.0 Å². The van der Waals surface area contributed by atoms with Gasteiger partial charge in [-0.15, -0.1) is 0 Å². The molecule has 0 saturated heterocycles. The topological polar surface area (TPSA) is 138 Å². The zero-order valence-electron chi connectivity index (χ0n) is 22.8. The van der Waals surface area contributed by atoms with Crippen molar-refractivity contribution in [1.82, 2.24) is 15.2 Å². The van der Waals surface area contributed by atoms with E-state index < -0.39 is 11.5 Å². The number of ether oxygens (including phenoxy) is 4. The summed E-state index contributed by atoms with van der Waals surface area (Å²) in [5.74, 6) is 1.58. The predicted molar refractivity (Wildman–Crippen MR) is 155 cm³/mol. The highest BCUT2D eigenvalue weighted by Gasteiger charge is 2.17. The average Bonchev–Trinajstić information content (AvgIpc) is 3.01. The van der Waals surface area contributed by atoms with Gasteiger partial charge in [0, 0.05) is 17.2 Å². The average molecular weight is 557 g/mol. The van der Waals surface area contributed by atoms with E-state index in [0.717, 1.165) is 4.68 Å². The van der Waals surface area contributed by atoms with Gasteiger partial charge in [0.2, 0.25) is 0 Å². The molecule has 1 amide bonds. The first-order valence-electron chi connectivity index (χ1n) is 12.2. The highest BCUT2D eigenvalue weighted by molar-refractivity contribution is 5.98. The van der Waals surface area contributed by atoms with Crippen LogP contribution in [0.3, 0.4) is 0 Å². The molecule has 0 unspecified atom stereocenters. The van der Waals surface area contributed by atoms with Gasteiger partial charge in [-0.05, 0) is 48.5 Å². The SMILES string of the molecule is COc1ccc(OC)c(/C=N/NC(=O)c2nn(-c3ccccc3)c(=O)cc2N/N=C/c2cc(OC)ccc2OC)c1. The molecule has 4 rings (SSSR count). The van der Waals surface area contributed by atoms with Crippen molar-refractivity contribution in [2.45, 2.75) is 0 Å². The fourth-order valence-electron chi connectivity index (χ4n) is 3.73. The molecule has 41 heavy (non-hydrogen) atoms. The van der Waals surface area contributed by atoms with Crippen LogP contribution in [0.15, 0.2) is 87.8 Å².